The molecule has 1 aliphatic heterocycles. The summed E-state index contributed by atoms with van der Waals surface area (Å²) in [5.41, 5.74) is 0.200. The van der Waals surface area contributed by atoms with Crippen molar-refractivity contribution in [2.45, 2.75) is 18.9 Å². The molecule has 0 aliphatic carbocycles. The number of hydrogen-bond donors (Lipinski definition) is 1. The number of carbonyl (C=O) groups excluding carboxylic acids is 1. The van der Waals surface area contributed by atoms with Gasteiger partial charge in [0.15, 0.2) is 0 Å². The number of hydrogen-bond acceptors (Lipinski definition) is 5. The van der Waals surface area contributed by atoms with Gasteiger partial charge in [-0.15, -0.1) is 0 Å². The zero-order valence-electron chi connectivity index (χ0n) is 13.4. The van der Waals surface area contributed by atoms with Crippen LogP contribution in [0.5, 0.6) is 5.75 Å². The zero-order valence-corrected chi connectivity index (χ0v) is 13.4. The van der Waals surface area contributed by atoms with E-state index in [0.717, 1.165) is 19.4 Å². The van der Waals surface area contributed by atoms with Crippen LogP contribution in [0, 0.1) is 5.82 Å². The number of carbonyl (C=O) groups is 1. The van der Waals surface area contributed by atoms with Crippen molar-refractivity contribution in [1.29, 1.82) is 0 Å². The minimum absolute atomic E-state index is 0.0528. The van der Waals surface area contributed by atoms with E-state index in [2.05, 4.69) is 15.3 Å². The first-order chi connectivity index (χ1) is 11.7. The van der Waals surface area contributed by atoms with Gasteiger partial charge < -0.3 is 15.0 Å². The topological polar surface area (TPSA) is 67.3 Å². The van der Waals surface area contributed by atoms with E-state index < -0.39 is 5.82 Å². The van der Waals surface area contributed by atoms with Gasteiger partial charge in [-0.3, -0.25) is 4.79 Å². The highest BCUT2D eigenvalue weighted by Gasteiger charge is 2.24. The number of piperidine rings is 1. The molecule has 1 amide bonds. The molecule has 0 unspecified atom stereocenters. The minimum atomic E-state index is -0.469. The Morgan fingerprint density at radius 3 is 2.92 bits per heavy atom. The highest BCUT2D eigenvalue weighted by Crippen LogP contribution is 2.21. The van der Waals surface area contributed by atoms with E-state index in [9.17, 15) is 9.18 Å². The molecule has 126 valence electrons. The number of aromatic nitrogens is 2. The summed E-state index contributed by atoms with van der Waals surface area (Å²) < 4.78 is 18.6. The molecule has 6 nitrogen and oxygen atoms in total. The number of ether oxygens (including phenoxy) is 1. The molecule has 1 saturated heterocycles. The van der Waals surface area contributed by atoms with Crippen LogP contribution in [0.15, 0.2) is 36.7 Å². The molecule has 1 atom stereocenters. The lowest BCUT2D eigenvalue weighted by molar-refractivity contribution is 0.0929. The number of rotatable bonds is 4. The van der Waals surface area contributed by atoms with Crippen LogP contribution < -0.4 is 15.0 Å². The van der Waals surface area contributed by atoms with E-state index in [1.807, 2.05) is 4.90 Å². The summed E-state index contributed by atoms with van der Waals surface area (Å²) in [5, 5.41) is 2.95. The Labute approximate surface area is 139 Å². The highest BCUT2D eigenvalue weighted by molar-refractivity contribution is 5.97. The van der Waals surface area contributed by atoms with Gasteiger partial charge in [-0.2, -0.15) is 0 Å². The molecule has 0 radical (unpaired) electrons. The molecule has 2 aromatic rings. The molecular weight excluding hydrogens is 311 g/mol. The number of nitrogens with one attached hydrogen (secondary N) is 1. The molecule has 0 bridgehead atoms. The van der Waals surface area contributed by atoms with Crippen molar-refractivity contribution in [2.75, 3.05) is 25.1 Å². The fraction of sp³-hybridized carbons (Fsp3) is 0.353. The number of anilines is 1. The summed E-state index contributed by atoms with van der Waals surface area (Å²) in [4.78, 5) is 23.0. The quantitative estimate of drug-likeness (QED) is 0.929. The van der Waals surface area contributed by atoms with Gasteiger partial charge in [-0.1, -0.05) is 0 Å². The van der Waals surface area contributed by atoms with Crippen LogP contribution in [0.25, 0.3) is 0 Å². The Hall–Kier alpha value is -2.70. The van der Waals surface area contributed by atoms with Gasteiger partial charge in [-0.25, -0.2) is 14.4 Å². The van der Waals surface area contributed by atoms with Gasteiger partial charge in [0.2, 0.25) is 5.95 Å². The van der Waals surface area contributed by atoms with Crippen LogP contribution in [-0.4, -0.2) is 42.1 Å². The van der Waals surface area contributed by atoms with E-state index in [1.54, 1.807) is 18.5 Å². The van der Waals surface area contributed by atoms with Crippen molar-refractivity contribution in [3.05, 3.63) is 48.0 Å². The third-order valence-electron chi connectivity index (χ3n) is 4.00. The smallest absolute Gasteiger partial charge is 0.255 e. The molecule has 1 aromatic carbocycles. The van der Waals surface area contributed by atoms with Crippen molar-refractivity contribution in [3.8, 4) is 5.75 Å². The predicted molar refractivity (Wildman–Crippen MR) is 87.7 cm³/mol. The molecule has 24 heavy (non-hydrogen) atoms. The van der Waals surface area contributed by atoms with Crippen LogP contribution in [0.1, 0.15) is 23.2 Å². The van der Waals surface area contributed by atoms with Crippen molar-refractivity contribution >= 4 is 11.9 Å². The second-order valence-corrected chi connectivity index (χ2v) is 5.65. The van der Waals surface area contributed by atoms with E-state index >= 15 is 0 Å². The maximum atomic E-state index is 13.4. The lowest BCUT2D eigenvalue weighted by Gasteiger charge is -2.33. The number of amides is 1. The van der Waals surface area contributed by atoms with Gasteiger partial charge in [0, 0.05) is 31.5 Å². The second-order valence-electron chi connectivity index (χ2n) is 5.65. The highest BCUT2D eigenvalue weighted by atomic mass is 19.1. The van der Waals surface area contributed by atoms with Crippen molar-refractivity contribution < 1.29 is 13.9 Å². The number of methoxy groups -OCH3 is 1. The van der Waals surface area contributed by atoms with Crippen molar-refractivity contribution in [2.24, 2.45) is 0 Å². The largest absolute Gasteiger partial charge is 0.496 e. The van der Waals surface area contributed by atoms with Crippen LogP contribution in [0.2, 0.25) is 0 Å². The summed E-state index contributed by atoms with van der Waals surface area (Å²) in [5.74, 6) is 0.198. The second kappa shape index (κ2) is 7.25. The third kappa shape index (κ3) is 3.61. The third-order valence-corrected chi connectivity index (χ3v) is 4.00. The summed E-state index contributed by atoms with van der Waals surface area (Å²) in [6.07, 6.45) is 5.17. The Balaban J connectivity index is 1.69. The fourth-order valence-electron chi connectivity index (χ4n) is 2.85. The van der Waals surface area contributed by atoms with Gasteiger partial charge in [0.05, 0.1) is 12.7 Å². The molecular formula is C17H19FN4O2. The van der Waals surface area contributed by atoms with Gasteiger partial charge in [-0.05, 0) is 37.1 Å². The van der Waals surface area contributed by atoms with E-state index in [0.29, 0.717) is 18.2 Å². The molecule has 2 heterocycles. The number of halogens is 1. The molecule has 1 aliphatic rings. The SMILES string of the molecule is COc1ccc(F)cc1C(=O)N[C@@H]1CCCN(c2ncccn2)C1. The van der Waals surface area contributed by atoms with E-state index in [1.165, 1.54) is 25.3 Å². The summed E-state index contributed by atoms with van der Waals surface area (Å²) in [6.45, 7) is 1.47. The maximum Gasteiger partial charge on any atom is 0.255 e. The van der Waals surface area contributed by atoms with Gasteiger partial charge >= 0.3 is 0 Å². The first-order valence-corrected chi connectivity index (χ1v) is 7.84. The Bertz CT molecular complexity index is 711. The normalized spacial score (nSPS) is 17.4. The average molecular weight is 330 g/mol. The Morgan fingerprint density at radius 2 is 2.17 bits per heavy atom. The van der Waals surface area contributed by atoms with Gasteiger partial charge in [0.1, 0.15) is 11.6 Å². The van der Waals surface area contributed by atoms with Crippen LogP contribution in [0.3, 0.4) is 0 Å². The molecule has 1 N–H and O–H groups in total. The maximum absolute atomic E-state index is 13.4. The molecule has 1 aromatic heterocycles. The summed E-state index contributed by atoms with van der Waals surface area (Å²) in [6, 6.07) is 5.63. The lowest BCUT2D eigenvalue weighted by Crippen LogP contribution is -2.48. The minimum Gasteiger partial charge on any atom is -0.496 e. The van der Waals surface area contributed by atoms with Crippen LogP contribution in [0.4, 0.5) is 10.3 Å². The van der Waals surface area contributed by atoms with Crippen LogP contribution >= 0.6 is 0 Å². The number of nitrogens with zero attached hydrogens (tertiary/aromatic N) is 3. The zero-order chi connectivity index (χ0) is 16.9. The standard InChI is InChI=1S/C17H19FN4O2/c1-24-15-6-5-12(18)10-14(15)16(23)21-13-4-2-9-22(11-13)17-19-7-3-8-20-17/h3,5-8,10,13H,2,4,9,11H2,1H3,(H,21,23)/t13-/m1/s1. The first-order valence-electron chi connectivity index (χ1n) is 7.84. The van der Waals surface area contributed by atoms with E-state index in [4.69, 9.17) is 4.74 Å². The molecule has 0 spiro atoms. The molecule has 7 heteroatoms. The fourth-order valence-corrected chi connectivity index (χ4v) is 2.85. The predicted octanol–water partition coefficient (Wildman–Crippen LogP) is 2.02. The van der Waals surface area contributed by atoms with Crippen LogP contribution in [-0.2, 0) is 0 Å². The van der Waals surface area contributed by atoms with Crippen molar-refractivity contribution in [3.63, 3.8) is 0 Å². The monoisotopic (exact) mass is 330 g/mol. The molecule has 3 rings (SSSR count). The summed E-state index contributed by atoms with van der Waals surface area (Å²) in [7, 11) is 1.46. The summed E-state index contributed by atoms with van der Waals surface area (Å²) >= 11 is 0. The average Bonchev–Trinajstić information content (AvgIpc) is 2.62. The van der Waals surface area contributed by atoms with E-state index in [-0.39, 0.29) is 17.5 Å². The van der Waals surface area contributed by atoms with Gasteiger partial charge in [0.25, 0.3) is 5.91 Å². The van der Waals surface area contributed by atoms with Crippen molar-refractivity contribution in [1.82, 2.24) is 15.3 Å². The lowest BCUT2D eigenvalue weighted by atomic mass is 10.1. The Kier molecular flexibility index (Phi) is 4.88. The number of benzene rings is 1. The Morgan fingerprint density at radius 1 is 1.38 bits per heavy atom. The molecule has 0 saturated carbocycles. The molecule has 1 fully saturated rings. The first kappa shape index (κ1) is 16.2.